The number of halogens is 1. The van der Waals surface area contributed by atoms with Crippen LogP contribution in [0.5, 0.6) is 0 Å². The summed E-state index contributed by atoms with van der Waals surface area (Å²) in [7, 11) is 0. The fourth-order valence-corrected chi connectivity index (χ4v) is 1.53. The van der Waals surface area contributed by atoms with Gasteiger partial charge in [0.15, 0.2) is 0 Å². The Balaban J connectivity index is 3.25. The molecule has 1 aromatic heterocycles. The molecule has 0 saturated carbocycles. The summed E-state index contributed by atoms with van der Waals surface area (Å²) in [4.78, 5) is 0. The van der Waals surface area contributed by atoms with Crippen molar-refractivity contribution in [2.75, 3.05) is 5.73 Å². The zero-order valence-electron chi connectivity index (χ0n) is 7.71. The maximum atomic E-state index is 8.82. The second-order valence-corrected chi connectivity index (χ2v) is 3.37. The van der Waals surface area contributed by atoms with E-state index in [2.05, 4.69) is 6.07 Å². The minimum atomic E-state index is 0.208. The lowest BCUT2D eigenvalue weighted by Crippen LogP contribution is -2.06. The molecule has 1 aromatic rings. The molecule has 0 aliphatic rings. The smallest absolute Gasteiger partial charge is 0.133 e. The van der Waals surface area contributed by atoms with Crippen LogP contribution in [-0.2, 0) is 0 Å². The van der Waals surface area contributed by atoms with Crippen LogP contribution in [0.1, 0.15) is 32.0 Å². The van der Waals surface area contributed by atoms with E-state index in [4.69, 9.17) is 22.6 Å². The van der Waals surface area contributed by atoms with Gasteiger partial charge in [-0.15, -0.1) is 0 Å². The lowest BCUT2D eigenvalue weighted by molar-refractivity contribution is 0.530. The number of hydrogen-bond acceptors (Lipinski definition) is 2. The fraction of sp³-hybridized carbons (Fsp3) is 0.444. The van der Waals surface area contributed by atoms with Crippen molar-refractivity contribution < 1.29 is 0 Å². The molecule has 4 heteroatoms. The predicted molar refractivity (Wildman–Crippen MR) is 53.6 cm³/mol. The molecule has 1 rings (SSSR count). The van der Waals surface area contributed by atoms with Gasteiger partial charge < -0.3 is 10.3 Å². The fourth-order valence-electron chi connectivity index (χ4n) is 1.22. The molecule has 2 N–H and O–H groups in total. The van der Waals surface area contributed by atoms with Crippen LogP contribution < -0.4 is 5.73 Å². The zero-order valence-corrected chi connectivity index (χ0v) is 8.47. The molecule has 1 atom stereocenters. The lowest BCUT2D eigenvalue weighted by atomic mass is 10.2. The Morgan fingerprint density at radius 3 is 2.85 bits per heavy atom. The summed E-state index contributed by atoms with van der Waals surface area (Å²) in [5.74, 6) is 0. The van der Waals surface area contributed by atoms with Gasteiger partial charge in [-0.05, 0) is 19.4 Å². The molecule has 0 aromatic carbocycles. The first-order valence-corrected chi connectivity index (χ1v) is 4.55. The van der Waals surface area contributed by atoms with Crippen molar-refractivity contribution in [3.8, 4) is 6.07 Å². The summed E-state index contributed by atoms with van der Waals surface area (Å²) < 4.78 is 1.76. The number of anilines is 1. The molecule has 0 fully saturated rings. The van der Waals surface area contributed by atoms with Crippen molar-refractivity contribution in [1.82, 2.24) is 4.57 Å². The first kappa shape index (κ1) is 9.94. The van der Waals surface area contributed by atoms with Gasteiger partial charge in [-0.3, -0.25) is 0 Å². The molecule has 0 saturated heterocycles. The Bertz CT molecular complexity index is 348. The predicted octanol–water partition coefficient (Wildman–Crippen LogP) is 2.57. The Morgan fingerprint density at radius 1 is 1.77 bits per heavy atom. The van der Waals surface area contributed by atoms with Crippen LogP contribution >= 0.6 is 11.6 Å². The van der Waals surface area contributed by atoms with Crippen LogP contribution in [0.4, 0.5) is 5.69 Å². The van der Waals surface area contributed by atoms with E-state index in [1.54, 1.807) is 10.6 Å². The van der Waals surface area contributed by atoms with Crippen molar-refractivity contribution >= 4 is 17.3 Å². The highest BCUT2D eigenvalue weighted by molar-refractivity contribution is 6.32. The molecular weight excluding hydrogens is 186 g/mol. The third-order valence-electron chi connectivity index (χ3n) is 2.15. The largest absolute Gasteiger partial charge is 0.396 e. The second-order valence-electron chi connectivity index (χ2n) is 3.01. The van der Waals surface area contributed by atoms with Crippen molar-refractivity contribution in [3.63, 3.8) is 0 Å². The molecule has 0 aliphatic heterocycles. The highest BCUT2D eigenvalue weighted by Crippen LogP contribution is 2.28. The third-order valence-corrected chi connectivity index (χ3v) is 2.55. The number of nitrogen functional groups attached to an aromatic ring is 1. The Labute approximate surface area is 82.7 Å². The van der Waals surface area contributed by atoms with Crippen LogP contribution in [-0.4, -0.2) is 4.57 Å². The highest BCUT2D eigenvalue weighted by atomic mass is 35.5. The molecule has 0 spiro atoms. The number of nitrogens with two attached hydrogens (primary N) is 1. The number of nitriles is 1. The van der Waals surface area contributed by atoms with Crippen LogP contribution in [0.25, 0.3) is 0 Å². The SMILES string of the molecule is CC[C@H](C)n1c(C#N)cc(N)c1Cl. The molecule has 0 radical (unpaired) electrons. The van der Waals surface area contributed by atoms with E-state index in [9.17, 15) is 0 Å². The maximum absolute atomic E-state index is 8.82. The summed E-state index contributed by atoms with van der Waals surface area (Å²) >= 11 is 5.95. The van der Waals surface area contributed by atoms with Gasteiger partial charge in [-0.25, -0.2) is 0 Å². The van der Waals surface area contributed by atoms with Crippen LogP contribution in [0.2, 0.25) is 5.15 Å². The standard InChI is InChI=1S/C9H12ClN3/c1-3-6(2)13-7(5-11)4-8(12)9(13)10/h4,6H,3,12H2,1-2H3/t6-/m0/s1. The maximum Gasteiger partial charge on any atom is 0.133 e. The molecule has 0 bridgehead atoms. The van der Waals surface area contributed by atoms with Crippen molar-refractivity contribution in [2.45, 2.75) is 26.3 Å². The summed E-state index contributed by atoms with van der Waals surface area (Å²) in [6, 6.07) is 3.88. The van der Waals surface area contributed by atoms with Crippen molar-refractivity contribution in [2.24, 2.45) is 0 Å². The van der Waals surface area contributed by atoms with Crippen molar-refractivity contribution in [1.29, 1.82) is 5.26 Å². The topological polar surface area (TPSA) is 54.7 Å². The minimum Gasteiger partial charge on any atom is -0.396 e. The van der Waals surface area contributed by atoms with Crippen LogP contribution in [0, 0.1) is 11.3 Å². The van der Waals surface area contributed by atoms with Gasteiger partial charge in [0.05, 0.1) is 5.69 Å². The molecule has 3 nitrogen and oxygen atoms in total. The molecule has 0 unspecified atom stereocenters. The number of nitrogens with zero attached hydrogens (tertiary/aromatic N) is 2. The highest BCUT2D eigenvalue weighted by Gasteiger charge is 2.14. The quantitative estimate of drug-likeness (QED) is 0.792. The van der Waals surface area contributed by atoms with Gasteiger partial charge in [0, 0.05) is 6.04 Å². The van der Waals surface area contributed by atoms with Gasteiger partial charge in [0.1, 0.15) is 16.9 Å². The molecular formula is C9H12ClN3. The minimum absolute atomic E-state index is 0.208. The first-order valence-electron chi connectivity index (χ1n) is 4.18. The Morgan fingerprint density at radius 2 is 2.38 bits per heavy atom. The van der Waals surface area contributed by atoms with Gasteiger partial charge in [-0.1, -0.05) is 18.5 Å². The van der Waals surface area contributed by atoms with Gasteiger partial charge in [0.2, 0.25) is 0 Å². The lowest BCUT2D eigenvalue weighted by Gasteiger charge is -2.13. The third kappa shape index (κ3) is 1.63. The molecule has 70 valence electrons. The summed E-state index contributed by atoms with van der Waals surface area (Å²) in [6.45, 7) is 4.05. The summed E-state index contributed by atoms with van der Waals surface area (Å²) in [6.07, 6.45) is 0.919. The molecule has 13 heavy (non-hydrogen) atoms. The Kier molecular flexibility index (Phi) is 2.84. The van der Waals surface area contributed by atoms with Crippen LogP contribution in [0.3, 0.4) is 0 Å². The molecule has 0 aliphatic carbocycles. The second kappa shape index (κ2) is 3.71. The van der Waals surface area contributed by atoms with E-state index >= 15 is 0 Å². The Hall–Kier alpha value is -1.14. The zero-order chi connectivity index (χ0) is 10.0. The van der Waals surface area contributed by atoms with E-state index < -0.39 is 0 Å². The van der Waals surface area contributed by atoms with Gasteiger partial charge in [-0.2, -0.15) is 5.26 Å². The van der Waals surface area contributed by atoms with E-state index in [-0.39, 0.29) is 6.04 Å². The van der Waals surface area contributed by atoms with Crippen LogP contribution in [0.15, 0.2) is 6.07 Å². The van der Waals surface area contributed by atoms with Gasteiger partial charge >= 0.3 is 0 Å². The van der Waals surface area contributed by atoms with E-state index in [1.807, 2.05) is 13.8 Å². The number of aromatic nitrogens is 1. The van der Waals surface area contributed by atoms with Gasteiger partial charge in [0.25, 0.3) is 0 Å². The average molecular weight is 198 g/mol. The number of rotatable bonds is 2. The number of hydrogen-bond donors (Lipinski definition) is 1. The first-order chi connectivity index (χ1) is 6.11. The van der Waals surface area contributed by atoms with E-state index in [0.717, 1.165) is 6.42 Å². The normalized spacial score (nSPS) is 12.5. The monoisotopic (exact) mass is 197 g/mol. The van der Waals surface area contributed by atoms with E-state index in [1.165, 1.54) is 0 Å². The molecule has 0 amide bonds. The summed E-state index contributed by atoms with van der Waals surface area (Å²) in [5, 5.41) is 9.28. The summed E-state index contributed by atoms with van der Waals surface area (Å²) in [5.41, 5.74) is 6.60. The molecule has 1 heterocycles. The average Bonchev–Trinajstić information content (AvgIpc) is 2.42. The van der Waals surface area contributed by atoms with Crippen molar-refractivity contribution in [3.05, 3.63) is 16.9 Å². The van der Waals surface area contributed by atoms with E-state index in [0.29, 0.717) is 16.5 Å².